The Kier molecular flexibility index (Phi) is 12.1. The Hall–Kier alpha value is -2.18. The number of benzene rings is 1. The van der Waals surface area contributed by atoms with Crippen LogP contribution >= 0.6 is 22.6 Å². The van der Waals surface area contributed by atoms with E-state index in [4.69, 9.17) is 14.6 Å². The summed E-state index contributed by atoms with van der Waals surface area (Å²) < 4.78 is 12.2. The summed E-state index contributed by atoms with van der Waals surface area (Å²) in [5, 5.41) is 23.2. The number of aliphatic hydroxyl groups excluding tert-OH is 2. The van der Waals surface area contributed by atoms with E-state index in [0.29, 0.717) is 57.8 Å². The molecule has 36 heavy (non-hydrogen) atoms. The first kappa shape index (κ1) is 30.0. The first-order chi connectivity index (χ1) is 17.2. The van der Waals surface area contributed by atoms with E-state index in [1.807, 2.05) is 29.5 Å². The van der Waals surface area contributed by atoms with Gasteiger partial charge < -0.3 is 29.9 Å². The van der Waals surface area contributed by atoms with E-state index in [-0.39, 0.29) is 31.4 Å². The van der Waals surface area contributed by atoms with E-state index in [9.17, 15) is 19.5 Å². The molecule has 0 spiro atoms. The van der Waals surface area contributed by atoms with Crippen molar-refractivity contribution < 1.29 is 34.1 Å². The topological polar surface area (TPSA) is 125 Å². The Balaban J connectivity index is 2.49. The maximum Gasteiger partial charge on any atom is 0.247 e. The second-order valence-electron chi connectivity index (χ2n) is 9.19. The maximum absolute atomic E-state index is 13.1. The van der Waals surface area contributed by atoms with Crippen molar-refractivity contribution in [2.24, 2.45) is 5.92 Å². The molecule has 200 valence electrons. The van der Waals surface area contributed by atoms with Gasteiger partial charge in [-0.15, -0.1) is 0 Å². The number of hydrogen-bond donors (Lipinski definition) is 3. The van der Waals surface area contributed by atoms with Gasteiger partial charge in [-0.05, 0) is 59.6 Å². The van der Waals surface area contributed by atoms with Gasteiger partial charge in [-0.3, -0.25) is 14.4 Å². The van der Waals surface area contributed by atoms with Crippen LogP contribution in [0.3, 0.4) is 0 Å². The fourth-order valence-corrected chi connectivity index (χ4v) is 4.82. The van der Waals surface area contributed by atoms with Crippen molar-refractivity contribution in [3.8, 4) is 11.5 Å². The van der Waals surface area contributed by atoms with Crippen molar-refractivity contribution in [3.05, 3.63) is 32.9 Å². The van der Waals surface area contributed by atoms with Crippen LogP contribution in [0.15, 0.2) is 23.8 Å². The lowest BCUT2D eigenvalue weighted by atomic mass is 9.87. The summed E-state index contributed by atoms with van der Waals surface area (Å²) in [7, 11) is 1.45. The van der Waals surface area contributed by atoms with Crippen LogP contribution in [0.25, 0.3) is 0 Å². The van der Waals surface area contributed by atoms with Gasteiger partial charge in [0.2, 0.25) is 11.8 Å². The van der Waals surface area contributed by atoms with Crippen LogP contribution in [0, 0.1) is 9.49 Å². The van der Waals surface area contributed by atoms with Crippen LogP contribution < -0.4 is 14.8 Å². The summed E-state index contributed by atoms with van der Waals surface area (Å²) in [6.07, 6.45) is 2.09. The monoisotopic (exact) mass is 616 g/mol. The Morgan fingerprint density at radius 3 is 2.64 bits per heavy atom. The molecule has 0 aromatic heterocycles. The quantitative estimate of drug-likeness (QED) is 0.230. The van der Waals surface area contributed by atoms with Gasteiger partial charge in [-0.1, -0.05) is 20.8 Å². The zero-order valence-corrected chi connectivity index (χ0v) is 23.5. The van der Waals surface area contributed by atoms with Crippen molar-refractivity contribution in [1.29, 1.82) is 0 Å². The van der Waals surface area contributed by atoms with Crippen LogP contribution in [-0.2, 0) is 9.59 Å². The summed E-state index contributed by atoms with van der Waals surface area (Å²) in [6, 6.07) is 2.50. The predicted molar refractivity (Wildman–Crippen MR) is 144 cm³/mol. The summed E-state index contributed by atoms with van der Waals surface area (Å²) in [5.74, 6) is 0.518. The minimum Gasteiger partial charge on any atom is -0.493 e. The van der Waals surface area contributed by atoms with E-state index in [2.05, 4.69) is 19.2 Å². The minimum atomic E-state index is -1.11. The van der Waals surface area contributed by atoms with Crippen LogP contribution in [0.2, 0.25) is 0 Å². The maximum atomic E-state index is 13.1. The van der Waals surface area contributed by atoms with E-state index < -0.39 is 18.2 Å². The average molecular weight is 616 g/mol. The van der Waals surface area contributed by atoms with Crippen LogP contribution in [0.1, 0.15) is 56.8 Å². The fraction of sp³-hybridized carbons (Fsp3) is 0.577. The van der Waals surface area contributed by atoms with Crippen molar-refractivity contribution in [3.63, 3.8) is 0 Å². The lowest BCUT2D eigenvalue weighted by Crippen LogP contribution is -2.55. The number of nitrogens with zero attached hydrogens (tertiary/aromatic N) is 1. The van der Waals surface area contributed by atoms with Crippen LogP contribution in [0.5, 0.6) is 11.5 Å². The Labute approximate surface area is 226 Å². The highest BCUT2D eigenvalue weighted by atomic mass is 127. The number of ether oxygens (including phenoxy) is 2. The Morgan fingerprint density at radius 2 is 2.06 bits per heavy atom. The molecule has 0 aliphatic heterocycles. The molecule has 3 N–H and O–H groups in total. The Bertz CT molecular complexity index is 950. The molecule has 0 radical (unpaired) electrons. The summed E-state index contributed by atoms with van der Waals surface area (Å²) in [6.45, 7) is 6.38. The van der Waals surface area contributed by atoms with Crippen LogP contribution in [0.4, 0.5) is 0 Å². The summed E-state index contributed by atoms with van der Waals surface area (Å²) >= 11 is 2.02. The van der Waals surface area contributed by atoms with Gasteiger partial charge >= 0.3 is 0 Å². The molecule has 1 aliphatic rings. The molecule has 2 rings (SSSR count). The number of carbonyl (C=O) groups excluding carboxylic acids is 3. The molecule has 1 aromatic rings. The molecule has 1 aromatic carbocycles. The molecule has 0 saturated carbocycles. The largest absolute Gasteiger partial charge is 0.493 e. The molecule has 2 amide bonds. The van der Waals surface area contributed by atoms with Gasteiger partial charge in [0.15, 0.2) is 11.5 Å². The van der Waals surface area contributed by atoms with Gasteiger partial charge in [-0.25, -0.2) is 0 Å². The lowest BCUT2D eigenvalue weighted by Gasteiger charge is -2.41. The van der Waals surface area contributed by atoms with Crippen molar-refractivity contribution in [2.75, 3.05) is 26.8 Å². The molecule has 3 unspecified atom stereocenters. The highest BCUT2D eigenvalue weighted by Gasteiger charge is 2.40. The molecular formula is C26H37IN2O7. The number of aliphatic hydroxyl groups is 2. The highest BCUT2D eigenvalue weighted by molar-refractivity contribution is 14.1. The second kappa shape index (κ2) is 14.5. The molecule has 3 atom stereocenters. The van der Waals surface area contributed by atoms with Gasteiger partial charge in [0.1, 0.15) is 18.5 Å². The predicted octanol–water partition coefficient (Wildman–Crippen LogP) is 2.70. The number of methoxy groups -OCH3 is 1. The smallest absolute Gasteiger partial charge is 0.247 e. The molecule has 0 fully saturated rings. The number of rotatable bonds is 13. The molecular weight excluding hydrogens is 579 g/mol. The SMILES string of the molecule is CCCC(=O)N(CCC(C)C)C1CC(C(=O)NCCO)=CC(Oc2c(I)cc(C=O)cc2OC)C1O. The number of amides is 2. The molecule has 1 aliphatic carbocycles. The number of hydrogen-bond acceptors (Lipinski definition) is 7. The molecule has 0 heterocycles. The third kappa shape index (κ3) is 7.91. The molecule has 0 bridgehead atoms. The normalized spacial score (nSPS) is 19.4. The number of halogens is 1. The van der Waals surface area contributed by atoms with E-state index in [0.717, 1.165) is 6.42 Å². The molecule has 0 saturated heterocycles. The van der Waals surface area contributed by atoms with Gasteiger partial charge in [0, 0.05) is 37.1 Å². The zero-order valence-electron chi connectivity index (χ0n) is 21.3. The Morgan fingerprint density at radius 1 is 1.33 bits per heavy atom. The van der Waals surface area contributed by atoms with Crippen molar-refractivity contribution in [1.82, 2.24) is 10.2 Å². The molecule has 9 nitrogen and oxygen atoms in total. The van der Waals surface area contributed by atoms with Gasteiger partial charge in [0.05, 0.1) is 23.3 Å². The van der Waals surface area contributed by atoms with Gasteiger partial charge in [0.25, 0.3) is 0 Å². The van der Waals surface area contributed by atoms with Crippen LogP contribution in [-0.4, -0.2) is 78.3 Å². The second-order valence-corrected chi connectivity index (χ2v) is 10.3. The standard InChI is InChI=1S/C26H37IN2O7/c1-5-6-23(32)29(9-7-16(2)3)20-13-18(26(34)28-8-10-30)14-21(24(20)33)36-25-19(27)11-17(15-31)12-22(25)35-4/h11-12,14-16,20-21,24,30,33H,5-10,13H2,1-4H3,(H,28,34). The zero-order chi connectivity index (χ0) is 26.8. The van der Waals surface area contributed by atoms with Crippen molar-refractivity contribution >= 4 is 40.7 Å². The van der Waals surface area contributed by atoms with E-state index in [1.54, 1.807) is 17.0 Å². The fourth-order valence-electron chi connectivity index (χ4n) is 4.07. The third-order valence-electron chi connectivity index (χ3n) is 5.99. The number of aldehydes is 1. The average Bonchev–Trinajstić information content (AvgIpc) is 2.85. The van der Waals surface area contributed by atoms with E-state index >= 15 is 0 Å². The third-order valence-corrected chi connectivity index (χ3v) is 6.79. The molecule has 10 heteroatoms. The van der Waals surface area contributed by atoms with Crippen molar-refractivity contribution in [2.45, 2.75) is 64.7 Å². The summed E-state index contributed by atoms with van der Waals surface area (Å²) in [5.41, 5.74) is 0.774. The minimum absolute atomic E-state index is 0.0829. The first-order valence-electron chi connectivity index (χ1n) is 12.2. The first-order valence-corrected chi connectivity index (χ1v) is 13.3. The highest BCUT2D eigenvalue weighted by Crippen LogP contribution is 2.37. The number of carbonyl (C=O) groups is 3. The summed E-state index contributed by atoms with van der Waals surface area (Å²) in [4.78, 5) is 38.9. The number of nitrogens with one attached hydrogen (secondary N) is 1. The lowest BCUT2D eigenvalue weighted by molar-refractivity contribution is -0.138. The van der Waals surface area contributed by atoms with Gasteiger partial charge in [-0.2, -0.15) is 0 Å². The van der Waals surface area contributed by atoms with E-state index in [1.165, 1.54) is 13.2 Å².